The number of rotatable bonds is 7. The van der Waals surface area contributed by atoms with E-state index >= 15 is 4.39 Å². The molecule has 0 saturated heterocycles. The number of aromatic nitrogens is 3. The summed E-state index contributed by atoms with van der Waals surface area (Å²) < 4.78 is 30.6. The normalized spacial score (nSPS) is 15.6. The van der Waals surface area contributed by atoms with Crippen molar-refractivity contribution in [2.75, 3.05) is 26.0 Å². The Balaban J connectivity index is 1.16. The van der Waals surface area contributed by atoms with E-state index in [1.807, 2.05) is 49.0 Å². The molecule has 3 aromatic carbocycles. The molecule has 1 aliphatic heterocycles. The molecular weight excluding hydrogens is 656 g/mol. The fraction of sp³-hybridized carbons (Fsp3) is 0.250. The summed E-state index contributed by atoms with van der Waals surface area (Å²) in [4.78, 5) is 33.2. The molecule has 0 bridgehead atoms. The van der Waals surface area contributed by atoms with E-state index in [-0.39, 0.29) is 28.0 Å². The second-order valence-electron chi connectivity index (χ2n) is 12.0. The topological polar surface area (TPSA) is 90.6 Å². The second kappa shape index (κ2) is 12.8. The van der Waals surface area contributed by atoms with Crippen LogP contribution in [-0.4, -0.2) is 51.5 Å². The zero-order valence-electron chi connectivity index (χ0n) is 26.5. The number of halogens is 3. The third-order valence-corrected chi connectivity index (χ3v) is 9.76. The minimum atomic E-state index is -0.850. The van der Waals surface area contributed by atoms with Gasteiger partial charge in [-0.2, -0.15) is 4.39 Å². The van der Waals surface area contributed by atoms with Gasteiger partial charge in [-0.05, 0) is 60.8 Å². The first-order valence-electron chi connectivity index (χ1n) is 15.5. The molecule has 0 radical (unpaired) electrons. The predicted octanol–water partition coefficient (Wildman–Crippen LogP) is 7.34. The van der Waals surface area contributed by atoms with E-state index in [2.05, 4.69) is 15.2 Å². The van der Waals surface area contributed by atoms with Crippen LogP contribution in [0.5, 0.6) is 11.5 Å². The average molecular weight is 689 g/mol. The Morgan fingerprint density at radius 3 is 2.52 bits per heavy atom. The zero-order chi connectivity index (χ0) is 33.7. The van der Waals surface area contributed by atoms with Gasteiger partial charge in [-0.3, -0.25) is 14.2 Å². The maximum atomic E-state index is 15.8. The van der Waals surface area contributed by atoms with Gasteiger partial charge in [0.15, 0.2) is 17.3 Å². The molecule has 1 N–H and O–H groups in total. The van der Waals surface area contributed by atoms with Crippen molar-refractivity contribution in [2.45, 2.75) is 31.9 Å². The van der Waals surface area contributed by atoms with E-state index in [1.54, 1.807) is 30.6 Å². The standard InChI is InChI=1S/C36H32Cl2FN5O4/c1-42-17-14-28-27(19-42)40-34(43(28)2)35(45)41-26-11-7-10-23(30(26)38)20-8-6-9-22-21(20)12-13-29(22)48-33-25(37)18-24(32(47-3)31(33)39)36(46)44-15-4-5-16-44/h4-11,15-16,18,29H,12-14,17,19H2,1-3H3,(H,41,45). The van der Waals surface area contributed by atoms with Gasteiger partial charge in [0, 0.05) is 50.2 Å². The van der Waals surface area contributed by atoms with Crippen LogP contribution in [0.3, 0.4) is 0 Å². The third-order valence-electron chi connectivity index (χ3n) is 9.07. The molecule has 48 heavy (non-hydrogen) atoms. The van der Waals surface area contributed by atoms with E-state index in [0.717, 1.165) is 46.6 Å². The molecule has 246 valence electrons. The largest absolute Gasteiger partial charge is 0.493 e. The van der Waals surface area contributed by atoms with Crippen molar-refractivity contribution >= 4 is 40.7 Å². The Kier molecular flexibility index (Phi) is 8.49. The monoisotopic (exact) mass is 687 g/mol. The fourth-order valence-corrected chi connectivity index (χ4v) is 7.18. The van der Waals surface area contributed by atoms with E-state index in [4.69, 9.17) is 32.7 Å². The van der Waals surface area contributed by atoms with Gasteiger partial charge in [0.25, 0.3) is 11.8 Å². The van der Waals surface area contributed by atoms with Crippen LogP contribution < -0.4 is 14.8 Å². The quantitative estimate of drug-likeness (QED) is 0.193. The SMILES string of the molecule is COc1c(C(=O)n2cccc2)cc(Cl)c(OC2CCc3c(-c4cccc(NC(=O)c5nc6c(n5C)CCN(C)C6)c4Cl)cccc32)c1F. The highest BCUT2D eigenvalue weighted by Gasteiger charge is 2.32. The van der Waals surface area contributed by atoms with E-state index in [1.165, 1.54) is 17.7 Å². The number of hydrogen-bond donors (Lipinski definition) is 1. The van der Waals surface area contributed by atoms with Crippen molar-refractivity contribution in [2.24, 2.45) is 7.05 Å². The van der Waals surface area contributed by atoms with Crippen LogP contribution in [0.1, 0.15) is 56.0 Å². The molecule has 0 spiro atoms. The molecule has 9 nitrogen and oxygen atoms in total. The van der Waals surface area contributed by atoms with Crippen LogP contribution >= 0.6 is 23.2 Å². The van der Waals surface area contributed by atoms with Gasteiger partial charge < -0.3 is 24.3 Å². The van der Waals surface area contributed by atoms with E-state index < -0.39 is 17.8 Å². The van der Waals surface area contributed by atoms with Crippen LogP contribution in [0.4, 0.5) is 10.1 Å². The molecule has 0 fully saturated rings. The van der Waals surface area contributed by atoms with Crippen molar-refractivity contribution in [3.05, 3.63) is 117 Å². The highest BCUT2D eigenvalue weighted by Crippen LogP contribution is 2.46. The van der Waals surface area contributed by atoms with Crippen molar-refractivity contribution in [1.29, 1.82) is 0 Å². The zero-order valence-corrected chi connectivity index (χ0v) is 28.0. The first-order valence-corrected chi connectivity index (χ1v) is 16.3. The minimum Gasteiger partial charge on any atom is -0.493 e. The van der Waals surface area contributed by atoms with E-state index in [0.29, 0.717) is 35.9 Å². The first-order chi connectivity index (χ1) is 23.2. The number of hydrogen-bond acceptors (Lipinski definition) is 6. The number of ether oxygens (including phenoxy) is 2. The molecule has 2 aliphatic rings. The van der Waals surface area contributed by atoms with Gasteiger partial charge in [-0.15, -0.1) is 0 Å². The smallest absolute Gasteiger partial charge is 0.291 e. The summed E-state index contributed by atoms with van der Waals surface area (Å²) in [5, 5.41) is 3.32. The summed E-state index contributed by atoms with van der Waals surface area (Å²) in [6, 6.07) is 16.1. The maximum absolute atomic E-state index is 15.8. The number of carbonyl (C=O) groups is 2. The van der Waals surface area contributed by atoms with Crippen molar-refractivity contribution in [1.82, 2.24) is 19.0 Å². The first kappa shape index (κ1) is 31.9. The van der Waals surface area contributed by atoms with Crippen LogP contribution in [-0.2, 0) is 26.4 Å². The number of fused-ring (bicyclic) bond motifs is 2. The number of methoxy groups -OCH3 is 1. The highest BCUT2D eigenvalue weighted by atomic mass is 35.5. The molecular formula is C36H32Cl2FN5O4. The molecule has 1 aliphatic carbocycles. The number of carbonyl (C=O) groups excluding carboxylic acids is 2. The average Bonchev–Trinajstić information content (AvgIpc) is 3.83. The molecule has 7 rings (SSSR count). The number of amides is 1. The molecule has 1 amide bonds. The summed E-state index contributed by atoms with van der Waals surface area (Å²) in [5.41, 5.74) is 5.91. The summed E-state index contributed by atoms with van der Waals surface area (Å²) in [6.45, 7) is 1.61. The van der Waals surface area contributed by atoms with Crippen LogP contribution in [0, 0.1) is 5.82 Å². The van der Waals surface area contributed by atoms with Crippen molar-refractivity contribution < 1.29 is 23.5 Å². The predicted molar refractivity (Wildman–Crippen MR) is 182 cm³/mol. The maximum Gasteiger partial charge on any atom is 0.291 e. The number of nitrogens with one attached hydrogen (secondary N) is 1. The lowest BCUT2D eigenvalue weighted by Crippen LogP contribution is -2.27. The summed E-state index contributed by atoms with van der Waals surface area (Å²) in [6.07, 6.45) is 4.63. The van der Waals surface area contributed by atoms with Crippen molar-refractivity contribution in [3.8, 4) is 22.6 Å². The highest BCUT2D eigenvalue weighted by molar-refractivity contribution is 6.36. The van der Waals surface area contributed by atoms with E-state index in [9.17, 15) is 9.59 Å². The second-order valence-corrected chi connectivity index (χ2v) is 12.8. The van der Waals surface area contributed by atoms with Gasteiger partial charge in [0.2, 0.25) is 5.82 Å². The lowest BCUT2D eigenvalue weighted by atomic mass is 9.96. The lowest BCUT2D eigenvalue weighted by molar-refractivity contribution is 0.0955. The molecule has 1 unspecified atom stereocenters. The number of anilines is 1. The molecule has 5 aromatic rings. The number of imidazole rings is 1. The summed E-state index contributed by atoms with van der Waals surface area (Å²) in [7, 11) is 5.19. The van der Waals surface area contributed by atoms with Gasteiger partial charge in [-0.1, -0.05) is 53.5 Å². The Labute approximate surface area is 286 Å². The number of benzene rings is 3. The molecule has 2 aromatic heterocycles. The Bertz CT molecular complexity index is 2080. The molecule has 3 heterocycles. The van der Waals surface area contributed by atoms with Gasteiger partial charge >= 0.3 is 0 Å². The molecule has 0 saturated carbocycles. The summed E-state index contributed by atoms with van der Waals surface area (Å²) >= 11 is 13.5. The summed E-state index contributed by atoms with van der Waals surface area (Å²) in [5.74, 6) is -1.77. The Morgan fingerprint density at radius 1 is 1.00 bits per heavy atom. The number of nitrogens with zero attached hydrogens (tertiary/aromatic N) is 4. The van der Waals surface area contributed by atoms with Crippen LogP contribution in [0.15, 0.2) is 67.0 Å². The number of likely N-dealkylation sites (N-methyl/N-ethyl adjacent to an activating group) is 1. The minimum absolute atomic E-state index is 0.0191. The molecule has 12 heteroatoms. The molecule has 1 atom stereocenters. The fourth-order valence-electron chi connectivity index (χ4n) is 6.67. The van der Waals surface area contributed by atoms with Crippen LogP contribution in [0.25, 0.3) is 11.1 Å². The van der Waals surface area contributed by atoms with Crippen molar-refractivity contribution in [3.63, 3.8) is 0 Å². The Morgan fingerprint density at radius 2 is 1.75 bits per heavy atom. The Hall–Kier alpha value is -4.64. The van der Waals surface area contributed by atoms with Gasteiger partial charge in [-0.25, -0.2) is 4.98 Å². The van der Waals surface area contributed by atoms with Gasteiger partial charge in [0.1, 0.15) is 6.10 Å². The lowest BCUT2D eigenvalue weighted by Gasteiger charge is -2.21. The van der Waals surface area contributed by atoms with Gasteiger partial charge in [0.05, 0.1) is 34.1 Å². The van der Waals surface area contributed by atoms with Crippen LogP contribution in [0.2, 0.25) is 10.0 Å². The third kappa shape index (κ3) is 5.53.